The normalized spacial score (nSPS) is 9.08. The van der Waals surface area contributed by atoms with Crippen LogP contribution in [0.1, 0.15) is 0 Å². The van der Waals surface area contributed by atoms with Crippen LogP contribution in [0.15, 0.2) is 18.2 Å². The van der Waals surface area contributed by atoms with Crippen molar-refractivity contribution >= 4 is 12.1 Å². The molecule has 0 N–H and O–H groups in total. The molecule has 4 nitrogen and oxygen atoms in total. The predicted octanol–water partition coefficient (Wildman–Crippen LogP) is 1.10. The Kier molecular flexibility index (Phi) is 3.14. The van der Waals surface area contributed by atoms with Gasteiger partial charge in [-0.3, -0.25) is 4.79 Å². The number of carbonyl (C=O) groups is 1. The Bertz CT molecular complexity index is 299. The van der Waals surface area contributed by atoms with Gasteiger partial charge in [-0.25, -0.2) is 5.32 Å². The summed E-state index contributed by atoms with van der Waals surface area (Å²) in [5.41, 5.74) is 0.469. The monoisotopic (exact) mass is 180 g/mol. The quantitative estimate of drug-likeness (QED) is 0.652. The fraction of sp³-hybridized carbons (Fsp3) is 0.222. The molecule has 1 radical (unpaired) electrons. The van der Waals surface area contributed by atoms with Crippen LogP contribution in [0, 0.1) is 0 Å². The van der Waals surface area contributed by atoms with Crippen LogP contribution in [0.2, 0.25) is 0 Å². The van der Waals surface area contributed by atoms with Crippen LogP contribution in [0.5, 0.6) is 11.5 Å². The van der Waals surface area contributed by atoms with Gasteiger partial charge in [0.1, 0.15) is 17.2 Å². The zero-order valence-corrected chi connectivity index (χ0v) is 7.48. The van der Waals surface area contributed by atoms with Crippen molar-refractivity contribution in [2.75, 3.05) is 14.2 Å². The molecule has 0 aliphatic carbocycles. The minimum atomic E-state index is 0.469. The van der Waals surface area contributed by atoms with E-state index in [0.29, 0.717) is 23.6 Å². The van der Waals surface area contributed by atoms with E-state index in [9.17, 15) is 4.79 Å². The zero-order valence-electron chi connectivity index (χ0n) is 7.48. The summed E-state index contributed by atoms with van der Waals surface area (Å²) in [6.07, 6.45) is 0.470. The van der Waals surface area contributed by atoms with Crippen molar-refractivity contribution in [1.82, 2.24) is 5.32 Å². The first-order valence-corrected chi connectivity index (χ1v) is 3.68. The molecule has 0 saturated carbocycles. The van der Waals surface area contributed by atoms with Crippen molar-refractivity contribution < 1.29 is 14.3 Å². The third kappa shape index (κ3) is 2.11. The summed E-state index contributed by atoms with van der Waals surface area (Å²) >= 11 is 0. The maximum absolute atomic E-state index is 10.2. The summed E-state index contributed by atoms with van der Waals surface area (Å²) in [4.78, 5) is 10.2. The Morgan fingerprint density at radius 2 is 2.08 bits per heavy atom. The van der Waals surface area contributed by atoms with Crippen molar-refractivity contribution in [3.63, 3.8) is 0 Å². The molecule has 0 saturated heterocycles. The number of nitrogens with zero attached hydrogens (tertiary/aromatic N) is 1. The van der Waals surface area contributed by atoms with Crippen LogP contribution in [0.4, 0.5) is 5.69 Å². The molecule has 1 aromatic rings. The molecule has 1 aromatic carbocycles. The van der Waals surface area contributed by atoms with Gasteiger partial charge in [0.05, 0.1) is 14.2 Å². The van der Waals surface area contributed by atoms with Crippen molar-refractivity contribution in [3.8, 4) is 11.5 Å². The van der Waals surface area contributed by atoms with Gasteiger partial charge in [-0.05, 0) is 12.1 Å². The van der Waals surface area contributed by atoms with Crippen molar-refractivity contribution in [1.29, 1.82) is 0 Å². The Morgan fingerprint density at radius 1 is 1.31 bits per heavy atom. The molecule has 0 aliphatic heterocycles. The minimum Gasteiger partial charge on any atom is -0.497 e. The van der Waals surface area contributed by atoms with Crippen LogP contribution >= 0.6 is 0 Å². The van der Waals surface area contributed by atoms with Crippen LogP contribution in [0.3, 0.4) is 0 Å². The van der Waals surface area contributed by atoms with Gasteiger partial charge < -0.3 is 9.47 Å². The van der Waals surface area contributed by atoms with Gasteiger partial charge in [-0.15, -0.1) is 0 Å². The molecule has 0 aromatic heterocycles. The van der Waals surface area contributed by atoms with E-state index in [1.54, 1.807) is 25.3 Å². The summed E-state index contributed by atoms with van der Waals surface area (Å²) in [5, 5.41) is 3.60. The van der Waals surface area contributed by atoms with E-state index in [-0.39, 0.29) is 0 Å². The zero-order chi connectivity index (χ0) is 9.68. The summed E-state index contributed by atoms with van der Waals surface area (Å²) in [6.45, 7) is 0. The highest BCUT2D eigenvalue weighted by atomic mass is 16.5. The van der Waals surface area contributed by atoms with E-state index in [1.165, 1.54) is 7.11 Å². The van der Waals surface area contributed by atoms with E-state index in [1.807, 2.05) is 0 Å². The predicted molar refractivity (Wildman–Crippen MR) is 47.4 cm³/mol. The molecule has 0 fully saturated rings. The maximum atomic E-state index is 10.2. The number of benzene rings is 1. The number of rotatable bonds is 4. The number of amides is 1. The highest BCUT2D eigenvalue weighted by Gasteiger charge is 2.04. The number of hydrogen-bond donors (Lipinski definition) is 0. The molecule has 13 heavy (non-hydrogen) atoms. The first kappa shape index (κ1) is 9.38. The second-order valence-electron chi connectivity index (χ2n) is 2.27. The van der Waals surface area contributed by atoms with Gasteiger partial charge in [0.2, 0.25) is 6.41 Å². The van der Waals surface area contributed by atoms with Gasteiger partial charge in [-0.2, -0.15) is 0 Å². The Hall–Kier alpha value is -1.71. The largest absolute Gasteiger partial charge is 0.497 e. The fourth-order valence-electron chi connectivity index (χ4n) is 0.954. The first-order valence-electron chi connectivity index (χ1n) is 3.68. The first-order chi connectivity index (χ1) is 6.31. The molecule has 1 amide bonds. The van der Waals surface area contributed by atoms with Crippen molar-refractivity contribution in [3.05, 3.63) is 18.2 Å². The number of carbonyl (C=O) groups excluding carboxylic acids is 1. The summed E-state index contributed by atoms with van der Waals surface area (Å²) in [5.74, 6) is 1.19. The SMILES string of the molecule is COc1ccc(OC)c([N]C=O)c1. The molecule has 4 heteroatoms. The van der Waals surface area contributed by atoms with Crippen LogP contribution < -0.4 is 14.8 Å². The molecule has 1 rings (SSSR count). The maximum Gasteiger partial charge on any atom is 0.233 e. The molecular formula is C9H10NO3. The number of hydrogen-bond acceptors (Lipinski definition) is 3. The molecule has 0 heterocycles. The summed E-state index contributed by atoms with van der Waals surface area (Å²) < 4.78 is 9.96. The van der Waals surface area contributed by atoms with E-state index in [2.05, 4.69) is 5.32 Å². The lowest BCUT2D eigenvalue weighted by Gasteiger charge is -2.06. The molecule has 0 spiro atoms. The summed E-state index contributed by atoms with van der Waals surface area (Å²) in [6, 6.07) is 5.07. The average Bonchev–Trinajstić information content (AvgIpc) is 2.18. The molecule has 0 atom stereocenters. The molecule has 0 aliphatic rings. The van der Waals surface area contributed by atoms with E-state index < -0.39 is 0 Å². The van der Waals surface area contributed by atoms with Crippen LogP contribution in [-0.4, -0.2) is 20.6 Å². The minimum absolute atomic E-state index is 0.469. The van der Waals surface area contributed by atoms with Gasteiger partial charge >= 0.3 is 0 Å². The Balaban J connectivity index is 3.01. The van der Waals surface area contributed by atoms with Gasteiger partial charge in [0, 0.05) is 6.07 Å². The Morgan fingerprint density at radius 3 is 2.62 bits per heavy atom. The third-order valence-corrected chi connectivity index (χ3v) is 1.58. The van der Waals surface area contributed by atoms with Crippen molar-refractivity contribution in [2.24, 2.45) is 0 Å². The standard InChI is InChI=1S/C9H10NO3/c1-12-7-3-4-9(13-2)8(5-7)10-6-11/h3-6H,1-2H3. The average molecular weight is 180 g/mol. The second-order valence-corrected chi connectivity index (χ2v) is 2.27. The van der Waals surface area contributed by atoms with Crippen LogP contribution in [-0.2, 0) is 4.79 Å². The topological polar surface area (TPSA) is 49.6 Å². The van der Waals surface area contributed by atoms with Gasteiger partial charge in [-0.1, -0.05) is 0 Å². The lowest BCUT2D eigenvalue weighted by molar-refractivity contribution is -0.108. The molecule has 69 valence electrons. The van der Waals surface area contributed by atoms with Crippen LogP contribution in [0.25, 0.3) is 0 Å². The number of methoxy groups -OCH3 is 2. The number of ether oxygens (including phenoxy) is 2. The van der Waals surface area contributed by atoms with E-state index in [4.69, 9.17) is 9.47 Å². The molecular weight excluding hydrogens is 170 g/mol. The fourth-order valence-corrected chi connectivity index (χ4v) is 0.954. The lowest BCUT2D eigenvalue weighted by Crippen LogP contribution is -1.96. The highest BCUT2D eigenvalue weighted by Crippen LogP contribution is 2.28. The van der Waals surface area contributed by atoms with Gasteiger partial charge in [0.25, 0.3) is 0 Å². The lowest BCUT2D eigenvalue weighted by atomic mass is 10.3. The highest BCUT2D eigenvalue weighted by molar-refractivity contribution is 5.65. The van der Waals surface area contributed by atoms with E-state index >= 15 is 0 Å². The molecule has 0 unspecified atom stereocenters. The summed E-state index contributed by atoms with van der Waals surface area (Å²) in [7, 11) is 3.07. The third-order valence-electron chi connectivity index (χ3n) is 1.58. The van der Waals surface area contributed by atoms with Gasteiger partial charge in [0.15, 0.2) is 0 Å². The Labute approximate surface area is 76.5 Å². The molecule has 0 bridgehead atoms. The van der Waals surface area contributed by atoms with E-state index in [0.717, 1.165) is 0 Å². The van der Waals surface area contributed by atoms with Crippen molar-refractivity contribution in [2.45, 2.75) is 0 Å². The second kappa shape index (κ2) is 4.35. The smallest absolute Gasteiger partial charge is 0.233 e.